The predicted octanol–water partition coefficient (Wildman–Crippen LogP) is 0.794. The number of imidazole rings is 1. The first-order valence-electron chi connectivity index (χ1n) is 5.12. The molecule has 0 radical (unpaired) electrons. The molecule has 7 nitrogen and oxygen atoms in total. The highest BCUT2D eigenvalue weighted by Gasteiger charge is 2.12. The molecule has 8 heteroatoms. The summed E-state index contributed by atoms with van der Waals surface area (Å²) in [4.78, 5) is 13.6. The number of aromatic nitrogens is 2. The van der Waals surface area contributed by atoms with E-state index in [-0.39, 0.29) is 12.6 Å². The smallest absolute Gasteiger partial charge is 0.390 e. The molecule has 0 saturated heterocycles. The van der Waals surface area contributed by atoms with Gasteiger partial charge in [0, 0.05) is 0 Å². The summed E-state index contributed by atoms with van der Waals surface area (Å²) in [5.41, 5.74) is 0. The Labute approximate surface area is 97.3 Å². The van der Waals surface area contributed by atoms with E-state index in [2.05, 4.69) is 4.98 Å². The van der Waals surface area contributed by atoms with E-state index in [1.807, 2.05) is 0 Å². The van der Waals surface area contributed by atoms with Crippen molar-refractivity contribution < 1.29 is 18.8 Å². The fourth-order valence-electron chi connectivity index (χ4n) is 1.19. The van der Waals surface area contributed by atoms with Gasteiger partial charge in [-0.15, -0.1) is 0 Å². The first-order chi connectivity index (χ1) is 8.25. The third-order valence-electron chi connectivity index (χ3n) is 1.93. The Bertz CT molecular complexity index is 345. The highest BCUT2D eigenvalue weighted by atomic mass is 18.2. The van der Waals surface area contributed by atoms with E-state index in [1.165, 1.54) is 17.0 Å². The Hall–Kier alpha value is -1.54. The molecule has 1 aromatic rings. The first kappa shape index (κ1) is 13.5. The maximum Gasteiger partial charge on any atom is 0.434 e. The van der Waals surface area contributed by atoms with Crippen molar-refractivity contribution in [3.8, 4) is 0 Å². The number of hydrogen-bond donors (Lipinski definition) is 0. The van der Waals surface area contributed by atoms with Crippen molar-refractivity contribution in [3.05, 3.63) is 22.5 Å². The topological polar surface area (TPSA) is 79.4 Å². The summed E-state index contributed by atoms with van der Waals surface area (Å²) in [5, 5.41) is 10.5. The van der Waals surface area contributed by atoms with E-state index in [1.54, 1.807) is 0 Å². The van der Waals surface area contributed by atoms with Crippen LogP contribution in [0.25, 0.3) is 0 Å². The Balaban J connectivity index is 2.14. The highest BCUT2D eigenvalue weighted by molar-refractivity contribution is 5.06. The second-order valence-electron chi connectivity index (χ2n) is 3.09. The third kappa shape index (κ3) is 4.87. The van der Waals surface area contributed by atoms with Gasteiger partial charge in [-0.1, -0.05) is 4.98 Å². The molecular formula is C9H14FN3O4. The summed E-state index contributed by atoms with van der Waals surface area (Å²) < 4.78 is 23.1. The van der Waals surface area contributed by atoms with E-state index < -0.39 is 11.6 Å². The largest absolute Gasteiger partial charge is 0.434 e. The zero-order valence-electron chi connectivity index (χ0n) is 9.25. The van der Waals surface area contributed by atoms with Gasteiger partial charge in [-0.25, -0.2) is 8.96 Å². The van der Waals surface area contributed by atoms with Crippen molar-refractivity contribution >= 4 is 5.95 Å². The van der Waals surface area contributed by atoms with Crippen LogP contribution in [-0.2, 0) is 16.0 Å². The number of hydrogen-bond acceptors (Lipinski definition) is 5. The number of alkyl halides is 1. The molecule has 0 aromatic carbocycles. The summed E-state index contributed by atoms with van der Waals surface area (Å²) in [6.07, 6.45) is 2.88. The van der Waals surface area contributed by atoms with E-state index in [0.717, 1.165) is 0 Å². The van der Waals surface area contributed by atoms with Gasteiger partial charge in [-0.3, -0.25) is 0 Å². The van der Waals surface area contributed by atoms with Crippen molar-refractivity contribution in [1.29, 1.82) is 0 Å². The van der Waals surface area contributed by atoms with Gasteiger partial charge in [0.25, 0.3) is 0 Å². The lowest BCUT2D eigenvalue weighted by atomic mass is 10.6. The van der Waals surface area contributed by atoms with Crippen LogP contribution in [0.15, 0.2) is 12.4 Å². The zero-order valence-corrected chi connectivity index (χ0v) is 9.25. The van der Waals surface area contributed by atoms with Crippen molar-refractivity contribution in [2.75, 3.05) is 33.1 Å². The minimum absolute atomic E-state index is 0.0658. The van der Waals surface area contributed by atoms with Crippen LogP contribution >= 0.6 is 0 Å². The van der Waals surface area contributed by atoms with Crippen LogP contribution in [-0.4, -0.2) is 47.6 Å². The van der Waals surface area contributed by atoms with Crippen LogP contribution in [0.3, 0.4) is 0 Å². The van der Waals surface area contributed by atoms with Gasteiger partial charge >= 0.3 is 5.95 Å². The molecule has 0 bridgehead atoms. The average molecular weight is 246 g/mol. The van der Waals surface area contributed by atoms with Crippen molar-refractivity contribution in [1.82, 2.24) is 9.55 Å². The third-order valence-corrected chi connectivity index (χ3v) is 1.93. The molecule has 17 heavy (non-hydrogen) atoms. The van der Waals surface area contributed by atoms with Crippen LogP contribution in [0.1, 0.15) is 0 Å². The lowest BCUT2D eigenvalue weighted by Crippen LogP contribution is -2.11. The van der Waals surface area contributed by atoms with E-state index in [9.17, 15) is 14.5 Å². The van der Waals surface area contributed by atoms with Gasteiger partial charge < -0.3 is 19.6 Å². The minimum Gasteiger partial charge on any atom is -0.390 e. The fourth-order valence-corrected chi connectivity index (χ4v) is 1.19. The van der Waals surface area contributed by atoms with Gasteiger partial charge in [0.15, 0.2) is 0 Å². The van der Waals surface area contributed by atoms with Gasteiger partial charge in [0.05, 0.1) is 33.0 Å². The SMILES string of the molecule is O=[N+]([O-])c1nccn1CCOCCOCC[18F]. The number of rotatable bonds is 9. The van der Waals surface area contributed by atoms with Gasteiger partial charge in [0.1, 0.15) is 19.1 Å². The number of ether oxygens (including phenoxy) is 2. The van der Waals surface area contributed by atoms with Gasteiger partial charge in [-0.05, 0) is 4.92 Å². The van der Waals surface area contributed by atoms with E-state index in [4.69, 9.17) is 9.47 Å². The normalized spacial score (nSPS) is 10.6. The van der Waals surface area contributed by atoms with Crippen LogP contribution < -0.4 is 0 Å². The van der Waals surface area contributed by atoms with Gasteiger partial charge in [0.2, 0.25) is 0 Å². The predicted molar refractivity (Wildman–Crippen MR) is 56.5 cm³/mol. The average Bonchev–Trinajstić information content (AvgIpc) is 2.76. The molecule has 0 N–H and O–H groups in total. The Morgan fingerprint density at radius 2 is 2.06 bits per heavy atom. The van der Waals surface area contributed by atoms with Crippen LogP contribution in [0, 0.1) is 10.1 Å². The molecule has 0 saturated carbocycles. The van der Waals surface area contributed by atoms with Crippen LogP contribution in [0.5, 0.6) is 0 Å². The quantitative estimate of drug-likeness (QED) is 0.365. The molecule has 0 unspecified atom stereocenters. The minimum atomic E-state index is -0.551. The van der Waals surface area contributed by atoms with Crippen LogP contribution in [0.4, 0.5) is 10.3 Å². The van der Waals surface area contributed by atoms with E-state index in [0.29, 0.717) is 26.4 Å². The molecule has 0 aliphatic heterocycles. The molecule has 0 aliphatic carbocycles. The number of halogens is 1. The monoisotopic (exact) mass is 246 g/mol. The molecular weight excluding hydrogens is 232 g/mol. The summed E-state index contributed by atoms with van der Waals surface area (Å²) in [6.45, 7) is 0.867. The highest BCUT2D eigenvalue weighted by Crippen LogP contribution is 2.06. The maximum atomic E-state index is 11.6. The Morgan fingerprint density at radius 3 is 2.71 bits per heavy atom. The molecule has 1 aromatic heterocycles. The summed E-state index contributed by atoms with van der Waals surface area (Å²) in [5.74, 6) is -0.206. The zero-order chi connectivity index (χ0) is 12.5. The summed E-state index contributed by atoms with van der Waals surface area (Å²) in [6, 6.07) is 0. The standard InChI is InChI=1S/C9H14FN3O4/c10-1-5-16-7-8-17-6-4-12-3-2-11-9(12)13(14)15/h2-3H,1,4-8H2/i10-1. The lowest BCUT2D eigenvalue weighted by Gasteiger charge is -2.04. The molecule has 0 fully saturated rings. The molecule has 96 valence electrons. The second-order valence-corrected chi connectivity index (χ2v) is 3.09. The van der Waals surface area contributed by atoms with Crippen molar-refractivity contribution in [2.45, 2.75) is 6.54 Å². The summed E-state index contributed by atoms with van der Waals surface area (Å²) in [7, 11) is 0. The van der Waals surface area contributed by atoms with Crippen molar-refractivity contribution in [2.24, 2.45) is 0 Å². The molecule has 0 aliphatic rings. The van der Waals surface area contributed by atoms with E-state index >= 15 is 0 Å². The molecule has 0 atom stereocenters. The van der Waals surface area contributed by atoms with Crippen LogP contribution in [0.2, 0.25) is 0 Å². The molecule has 1 rings (SSSR count). The molecule has 0 amide bonds. The molecule has 1 heterocycles. The molecule has 0 spiro atoms. The Morgan fingerprint density at radius 1 is 1.35 bits per heavy atom. The van der Waals surface area contributed by atoms with Crippen molar-refractivity contribution in [3.63, 3.8) is 0 Å². The first-order valence-corrected chi connectivity index (χ1v) is 5.12. The maximum absolute atomic E-state index is 11.6. The Kier molecular flexibility index (Phi) is 6.12. The fraction of sp³-hybridized carbons (Fsp3) is 0.667. The second kappa shape index (κ2) is 7.69. The number of nitro groups is 1. The summed E-state index contributed by atoms with van der Waals surface area (Å²) >= 11 is 0. The number of nitrogens with zero attached hydrogens (tertiary/aromatic N) is 3. The van der Waals surface area contributed by atoms with Gasteiger partial charge in [-0.2, -0.15) is 0 Å². The lowest BCUT2D eigenvalue weighted by molar-refractivity contribution is -0.396.